The molecule has 1 aromatic carbocycles. The molecule has 0 saturated heterocycles. The van der Waals surface area contributed by atoms with E-state index < -0.39 is 0 Å². The van der Waals surface area contributed by atoms with Crippen molar-refractivity contribution in [1.29, 1.82) is 0 Å². The Morgan fingerprint density at radius 2 is 1.58 bits per heavy atom. The van der Waals surface area contributed by atoms with Crippen LogP contribution in [0.25, 0.3) is 0 Å². The van der Waals surface area contributed by atoms with E-state index >= 15 is 0 Å². The topological polar surface area (TPSA) is 46.2 Å². The lowest BCUT2D eigenvalue weighted by atomic mass is 10.1. The monoisotopic (exact) mass is 167 g/mol. The number of aromatic hydroxyl groups is 1. The van der Waals surface area contributed by atoms with E-state index in [-0.39, 0.29) is 11.8 Å². The van der Waals surface area contributed by atoms with E-state index in [1.807, 2.05) is 32.9 Å². The van der Waals surface area contributed by atoms with E-state index in [1.165, 1.54) is 0 Å². The molecular formula is C10H17NO. The second-order valence-corrected chi connectivity index (χ2v) is 2.38. The van der Waals surface area contributed by atoms with Gasteiger partial charge < -0.3 is 10.8 Å². The summed E-state index contributed by atoms with van der Waals surface area (Å²) in [6.07, 6.45) is 0. The molecule has 0 fully saturated rings. The van der Waals surface area contributed by atoms with Gasteiger partial charge in [0.2, 0.25) is 0 Å². The zero-order chi connectivity index (χ0) is 9.56. The molecule has 1 rings (SSSR count). The SMILES string of the molecule is CC.CC(N)c1ccc(O)cc1. The number of hydrogen-bond donors (Lipinski definition) is 2. The summed E-state index contributed by atoms with van der Waals surface area (Å²) >= 11 is 0. The maximum absolute atomic E-state index is 8.90. The van der Waals surface area contributed by atoms with E-state index in [0.717, 1.165) is 5.56 Å². The predicted molar refractivity (Wildman–Crippen MR) is 52.1 cm³/mol. The molecule has 3 N–H and O–H groups in total. The Hall–Kier alpha value is -1.02. The van der Waals surface area contributed by atoms with Gasteiger partial charge in [0.25, 0.3) is 0 Å². The first-order valence-corrected chi connectivity index (χ1v) is 4.24. The largest absolute Gasteiger partial charge is 0.508 e. The summed E-state index contributed by atoms with van der Waals surface area (Å²) in [7, 11) is 0. The van der Waals surface area contributed by atoms with Crippen molar-refractivity contribution in [2.45, 2.75) is 26.8 Å². The third kappa shape index (κ3) is 3.39. The van der Waals surface area contributed by atoms with Crippen LogP contribution in [-0.2, 0) is 0 Å². The van der Waals surface area contributed by atoms with Gasteiger partial charge in [-0.25, -0.2) is 0 Å². The summed E-state index contributed by atoms with van der Waals surface area (Å²) in [5.74, 6) is 0.282. The average molecular weight is 167 g/mol. The Morgan fingerprint density at radius 1 is 1.17 bits per heavy atom. The van der Waals surface area contributed by atoms with Gasteiger partial charge in [-0.15, -0.1) is 0 Å². The van der Waals surface area contributed by atoms with Crippen LogP contribution in [0.15, 0.2) is 24.3 Å². The van der Waals surface area contributed by atoms with Gasteiger partial charge in [-0.2, -0.15) is 0 Å². The minimum absolute atomic E-state index is 0.0422. The maximum Gasteiger partial charge on any atom is 0.115 e. The molecule has 0 amide bonds. The second kappa shape index (κ2) is 5.61. The van der Waals surface area contributed by atoms with Crippen molar-refractivity contribution in [3.8, 4) is 5.75 Å². The third-order valence-corrected chi connectivity index (χ3v) is 1.42. The smallest absolute Gasteiger partial charge is 0.115 e. The van der Waals surface area contributed by atoms with Gasteiger partial charge in [-0.05, 0) is 24.6 Å². The van der Waals surface area contributed by atoms with E-state index in [0.29, 0.717) is 0 Å². The molecule has 2 nitrogen and oxygen atoms in total. The molecule has 0 spiro atoms. The lowest BCUT2D eigenvalue weighted by Crippen LogP contribution is -2.03. The van der Waals surface area contributed by atoms with Gasteiger partial charge in [-0.1, -0.05) is 26.0 Å². The molecule has 1 unspecified atom stereocenters. The number of hydrogen-bond acceptors (Lipinski definition) is 2. The van der Waals surface area contributed by atoms with Crippen molar-refractivity contribution in [2.75, 3.05) is 0 Å². The molecule has 68 valence electrons. The van der Waals surface area contributed by atoms with Gasteiger partial charge in [0, 0.05) is 6.04 Å². The summed E-state index contributed by atoms with van der Waals surface area (Å²) in [5, 5.41) is 8.90. The minimum Gasteiger partial charge on any atom is -0.508 e. The van der Waals surface area contributed by atoms with Crippen LogP contribution in [0.2, 0.25) is 0 Å². The highest BCUT2D eigenvalue weighted by atomic mass is 16.3. The van der Waals surface area contributed by atoms with Crippen molar-refractivity contribution < 1.29 is 5.11 Å². The lowest BCUT2D eigenvalue weighted by molar-refractivity contribution is 0.475. The van der Waals surface area contributed by atoms with E-state index in [1.54, 1.807) is 12.1 Å². The molecule has 1 atom stereocenters. The van der Waals surface area contributed by atoms with Crippen molar-refractivity contribution in [1.82, 2.24) is 0 Å². The predicted octanol–water partition coefficient (Wildman–Crippen LogP) is 2.44. The normalized spacial score (nSPS) is 11.3. The van der Waals surface area contributed by atoms with Gasteiger partial charge in [-0.3, -0.25) is 0 Å². The standard InChI is InChI=1S/C8H11NO.C2H6/c1-6(9)7-2-4-8(10)5-3-7;1-2/h2-6,10H,9H2,1H3;1-2H3. The summed E-state index contributed by atoms with van der Waals surface area (Å²) in [5.41, 5.74) is 6.62. The highest BCUT2D eigenvalue weighted by molar-refractivity contribution is 5.27. The van der Waals surface area contributed by atoms with Crippen LogP contribution in [-0.4, -0.2) is 5.11 Å². The van der Waals surface area contributed by atoms with Crippen molar-refractivity contribution in [3.63, 3.8) is 0 Å². The highest BCUT2D eigenvalue weighted by Crippen LogP contribution is 2.13. The van der Waals surface area contributed by atoms with Gasteiger partial charge in [0.1, 0.15) is 5.75 Å². The Balaban J connectivity index is 0.000000561. The molecule has 0 heterocycles. The Kier molecular flexibility index (Phi) is 5.13. The van der Waals surface area contributed by atoms with Crippen LogP contribution >= 0.6 is 0 Å². The third-order valence-electron chi connectivity index (χ3n) is 1.42. The summed E-state index contributed by atoms with van der Waals surface area (Å²) < 4.78 is 0. The fourth-order valence-corrected chi connectivity index (χ4v) is 0.778. The zero-order valence-electron chi connectivity index (χ0n) is 7.91. The maximum atomic E-state index is 8.90. The first kappa shape index (κ1) is 11.0. The number of phenolic OH excluding ortho intramolecular Hbond substituents is 1. The van der Waals surface area contributed by atoms with Gasteiger partial charge in [0.15, 0.2) is 0 Å². The lowest BCUT2D eigenvalue weighted by Gasteiger charge is -2.03. The molecule has 0 aliphatic heterocycles. The first-order chi connectivity index (χ1) is 5.70. The first-order valence-electron chi connectivity index (χ1n) is 4.24. The van der Waals surface area contributed by atoms with Crippen LogP contribution in [0.4, 0.5) is 0 Å². The van der Waals surface area contributed by atoms with E-state index in [4.69, 9.17) is 10.8 Å². The molecular weight excluding hydrogens is 150 g/mol. The second-order valence-electron chi connectivity index (χ2n) is 2.38. The molecule has 0 radical (unpaired) electrons. The highest BCUT2D eigenvalue weighted by Gasteiger charge is 1.96. The van der Waals surface area contributed by atoms with E-state index in [9.17, 15) is 0 Å². The molecule has 0 aliphatic carbocycles. The number of phenols is 1. The van der Waals surface area contributed by atoms with Crippen LogP contribution in [0.3, 0.4) is 0 Å². The number of benzene rings is 1. The summed E-state index contributed by atoms with van der Waals surface area (Å²) in [4.78, 5) is 0. The number of rotatable bonds is 1. The molecule has 1 aromatic rings. The Bertz CT molecular complexity index is 204. The molecule has 0 aliphatic rings. The van der Waals surface area contributed by atoms with Gasteiger partial charge >= 0.3 is 0 Å². The summed E-state index contributed by atoms with van der Waals surface area (Å²) in [6, 6.07) is 6.96. The molecule has 2 heteroatoms. The van der Waals surface area contributed by atoms with Crippen LogP contribution in [0, 0.1) is 0 Å². The summed E-state index contributed by atoms with van der Waals surface area (Å²) in [6.45, 7) is 5.91. The molecule has 0 saturated carbocycles. The average Bonchev–Trinajstić information content (AvgIpc) is 2.09. The quantitative estimate of drug-likeness (QED) is 0.674. The van der Waals surface area contributed by atoms with Crippen molar-refractivity contribution in [3.05, 3.63) is 29.8 Å². The van der Waals surface area contributed by atoms with Crippen LogP contribution in [0.1, 0.15) is 32.4 Å². The van der Waals surface area contributed by atoms with Crippen molar-refractivity contribution >= 4 is 0 Å². The van der Waals surface area contributed by atoms with Crippen LogP contribution < -0.4 is 5.73 Å². The fraction of sp³-hybridized carbons (Fsp3) is 0.400. The molecule has 0 bridgehead atoms. The Morgan fingerprint density at radius 3 is 1.92 bits per heavy atom. The minimum atomic E-state index is 0.0422. The van der Waals surface area contributed by atoms with Crippen molar-refractivity contribution in [2.24, 2.45) is 5.73 Å². The van der Waals surface area contributed by atoms with Crippen LogP contribution in [0.5, 0.6) is 5.75 Å². The van der Waals surface area contributed by atoms with E-state index in [2.05, 4.69) is 0 Å². The Labute approximate surface area is 74.0 Å². The zero-order valence-corrected chi connectivity index (χ0v) is 7.91. The molecule has 12 heavy (non-hydrogen) atoms. The number of nitrogens with two attached hydrogens (primary N) is 1. The fourth-order valence-electron chi connectivity index (χ4n) is 0.778. The van der Waals surface area contributed by atoms with Gasteiger partial charge in [0.05, 0.1) is 0 Å². The molecule has 0 aromatic heterocycles.